The van der Waals surface area contributed by atoms with Gasteiger partial charge in [-0.15, -0.1) is 0 Å². The van der Waals surface area contributed by atoms with Gasteiger partial charge in [-0.25, -0.2) is 0 Å². The Bertz CT molecular complexity index is 861. The van der Waals surface area contributed by atoms with Gasteiger partial charge in [-0.1, -0.05) is 60.7 Å². The van der Waals surface area contributed by atoms with Crippen molar-refractivity contribution in [1.82, 2.24) is 0 Å². The van der Waals surface area contributed by atoms with E-state index in [1.54, 1.807) is 0 Å². The molecule has 0 radical (unpaired) electrons. The normalized spacial score (nSPS) is 12.2. The molecule has 20 heavy (non-hydrogen) atoms. The highest BCUT2D eigenvalue weighted by molar-refractivity contribution is 5.97. The molecule has 0 heterocycles. The lowest BCUT2D eigenvalue weighted by atomic mass is 9.83. The lowest BCUT2D eigenvalue weighted by molar-refractivity contribution is 1.39. The van der Waals surface area contributed by atoms with Crippen molar-refractivity contribution in [3.63, 3.8) is 0 Å². The number of benzene rings is 2. The van der Waals surface area contributed by atoms with Crippen molar-refractivity contribution in [3.05, 3.63) is 80.1 Å². The smallest absolute Gasteiger partial charge is 0.234 e. The Labute approximate surface area is 115 Å². The van der Waals surface area contributed by atoms with Crippen LogP contribution in [0.3, 0.4) is 0 Å². The van der Waals surface area contributed by atoms with Crippen LogP contribution in [0.4, 0.5) is 0 Å². The molecule has 94 valence electrons. The van der Waals surface area contributed by atoms with Gasteiger partial charge in [0, 0.05) is 11.1 Å². The Kier molecular flexibility index (Phi) is 2.15. The van der Waals surface area contributed by atoms with Gasteiger partial charge in [0.1, 0.15) is 0 Å². The van der Waals surface area contributed by atoms with Gasteiger partial charge in [-0.3, -0.25) is 9.59 Å². The largest absolute Gasteiger partial charge is 0.285 e. The molecule has 0 spiro atoms. The second-order valence-corrected chi connectivity index (χ2v) is 4.92. The monoisotopic (exact) mass is 258 g/mol. The quantitative estimate of drug-likeness (QED) is 0.454. The molecular weight excluding hydrogens is 248 g/mol. The van der Waals surface area contributed by atoms with E-state index in [9.17, 15) is 9.59 Å². The maximum absolute atomic E-state index is 12.0. The summed E-state index contributed by atoms with van der Waals surface area (Å²) in [7, 11) is 0. The Morgan fingerprint density at radius 3 is 1.40 bits per heavy atom. The first-order valence-electron chi connectivity index (χ1n) is 6.47. The molecule has 0 saturated heterocycles. The third-order valence-electron chi connectivity index (χ3n) is 3.81. The third-order valence-corrected chi connectivity index (χ3v) is 3.81. The molecule has 0 N–H and O–H groups in total. The van der Waals surface area contributed by atoms with E-state index in [1.165, 1.54) is 0 Å². The van der Waals surface area contributed by atoms with Gasteiger partial charge in [0.05, 0.1) is 0 Å². The molecule has 0 bridgehead atoms. The van der Waals surface area contributed by atoms with E-state index < -0.39 is 0 Å². The van der Waals surface area contributed by atoms with Crippen LogP contribution in [0.5, 0.6) is 0 Å². The average molecular weight is 258 g/mol. The zero-order valence-electron chi connectivity index (χ0n) is 10.6. The summed E-state index contributed by atoms with van der Waals surface area (Å²) in [6, 6.07) is 15.4. The number of hydrogen-bond donors (Lipinski definition) is 0. The van der Waals surface area contributed by atoms with E-state index >= 15 is 0 Å². The van der Waals surface area contributed by atoms with Gasteiger partial charge in [-0.05, 0) is 22.3 Å². The van der Waals surface area contributed by atoms with E-state index in [4.69, 9.17) is 0 Å². The summed E-state index contributed by atoms with van der Waals surface area (Å²) >= 11 is 0. The maximum Gasteiger partial charge on any atom is 0.234 e. The van der Waals surface area contributed by atoms with Gasteiger partial charge in [-0.2, -0.15) is 0 Å². The fourth-order valence-electron chi connectivity index (χ4n) is 2.83. The summed E-state index contributed by atoms with van der Waals surface area (Å²) in [5.41, 5.74) is 3.99. The first kappa shape index (κ1) is 11.1. The van der Waals surface area contributed by atoms with Crippen LogP contribution in [0.15, 0.2) is 58.1 Å². The van der Waals surface area contributed by atoms with Crippen molar-refractivity contribution >= 4 is 12.2 Å². The van der Waals surface area contributed by atoms with E-state index in [0.29, 0.717) is 11.1 Å². The van der Waals surface area contributed by atoms with Crippen molar-refractivity contribution in [1.29, 1.82) is 0 Å². The van der Waals surface area contributed by atoms with E-state index in [-0.39, 0.29) is 10.9 Å². The van der Waals surface area contributed by atoms with Gasteiger partial charge in [0.2, 0.25) is 10.9 Å². The van der Waals surface area contributed by atoms with Crippen LogP contribution in [0, 0.1) is 0 Å². The second kappa shape index (κ2) is 3.87. The zero-order valence-corrected chi connectivity index (χ0v) is 10.6. The number of fused-ring (bicyclic) bond motifs is 5. The summed E-state index contributed by atoms with van der Waals surface area (Å²) < 4.78 is 0. The molecule has 3 aromatic rings. The summed E-state index contributed by atoms with van der Waals surface area (Å²) in [6.07, 6.45) is 3.99. The molecule has 0 amide bonds. The third kappa shape index (κ3) is 1.33. The Morgan fingerprint density at radius 1 is 0.550 bits per heavy atom. The molecule has 0 saturated carbocycles. The van der Waals surface area contributed by atoms with Crippen LogP contribution in [-0.4, -0.2) is 0 Å². The lowest BCUT2D eigenvalue weighted by Gasteiger charge is -2.17. The molecule has 2 nitrogen and oxygen atoms in total. The summed E-state index contributed by atoms with van der Waals surface area (Å²) in [6.45, 7) is 0. The Hall–Kier alpha value is -2.74. The minimum Gasteiger partial charge on any atom is -0.285 e. The van der Waals surface area contributed by atoms with Crippen molar-refractivity contribution in [2.45, 2.75) is 0 Å². The van der Waals surface area contributed by atoms with E-state index in [0.717, 1.165) is 22.3 Å². The topological polar surface area (TPSA) is 34.1 Å². The first-order valence-corrected chi connectivity index (χ1v) is 6.47. The molecule has 0 unspecified atom stereocenters. The molecule has 2 heteroatoms. The van der Waals surface area contributed by atoms with Gasteiger partial charge < -0.3 is 0 Å². The first-order chi connectivity index (χ1) is 9.77. The highest BCUT2D eigenvalue weighted by Gasteiger charge is 2.26. The maximum atomic E-state index is 12.0. The Morgan fingerprint density at radius 2 is 0.950 bits per heavy atom. The standard InChI is InChI=1S/C18H10O2/c19-17-15-13-7-3-1-5-11(13)9-10-12-6-2-4-8-14(12)16(15)18(17)20/h1-10H. The van der Waals surface area contributed by atoms with Crippen molar-refractivity contribution in [2.24, 2.45) is 0 Å². The van der Waals surface area contributed by atoms with Gasteiger partial charge in [0.25, 0.3) is 0 Å². The second-order valence-electron chi connectivity index (χ2n) is 4.92. The van der Waals surface area contributed by atoms with E-state index in [1.807, 2.05) is 60.7 Å². The summed E-state index contributed by atoms with van der Waals surface area (Å²) in [5, 5.41) is 0. The molecular formula is C18H10O2. The van der Waals surface area contributed by atoms with Gasteiger partial charge >= 0.3 is 0 Å². The Balaban J connectivity index is 2.17. The van der Waals surface area contributed by atoms with Gasteiger partial charge in [0.15, 0.2) is 0 Å². The highest BCUT2D eigenvalue weighted by Crippen LogP contribution is 2.35. The summed E-state index contributed by atoms with van der Waals surface area (Å²) in [5.74, 6) is 0. The van der Waals surface area contributed by atoms with Crippen LogP contribution in [0.25, 0.3) is 34.4 Å². The van der Waals surface area contributed by atoms with E-state index in [2.05, 4.69) is 0 Å². The fraction of sp³-hybridized carbons (Fsp3) is 0. The van der Waals surface area contributed by atoms with Crippen molar-refractivity contribution in [2.75, 3.05) is 0 Å². The lowest BCUT2D eigenvalue weighted by Crippen LogP contribution is -2.35. The molecule has 1 aliphatic carbocycles. The molecule has 0 aromatic heterocycles. The minimum atomic E-state index is -0.377. The SMILES string of the molecule is O=c1c2c(c1=O)-c1ccccc1C=Cc1ccccc1-2. The predicted molar refractivity (Wildman–Crippen MR) is 81.2 cm³/mol. The number of rotatable bonds is 0. The highest BCUT2D eigenvalue weighted by atomic mass is 16.2. The minimum absolute atomic E-state index is 0.377. The molecule has 4 rings (SSSR count). The molecule has 3 aromatic carbocycles. The van der Waals surface area contributed by atoms with Crippen molar-refractivity contribution in [3.8, 4) is 22.3 Å². The molecule has 1 aliphatic rings. The van der Waals surface area contributed by atoms with Crippen LogP contribution >= 0.6 is 0 Å². The van der Waals surface area contributed by atoms with Crippen LogP contribution < -0.4 is 10.9 Å². The number of hydrogen-bond acceptors (Lipinski definition) is 2. The molecule has 0 atom stereocenters. The molecule has 0 fully saturated rings. The molecule has 0 aliphatic heterocycles. The van der Waals surface area contributed by atoms with Crippen molar-refractivity contribution < 1.29 is 0 Å². The van der Waals surface area contributed by atoms with Crippen LogP contribution in [-0.2, 0) is 0 Å². The average Bonchev–Trinajstić information content (AvgIpc) is 2.48. The van der Waals surface area contributed by atoms with Crippen LogP contribution in [0.1, 0.15) is 11.1 Å². The fourth-order valence-corrected chi connectivity index (χ4v) is 2.83. The zero-order chi connectivity index (χ0) is 13.7. The summed E-state index contributed by atoms with van der Waals surface area (Å²) in [4.78, 5) is 24.0. The predicted octanol–water partition coefficient (Wildman–Crippen LogP) is 3.10. The van der Waals surface area contributed by atoms with Crippen LogP contribution in [0.2, 0.25) is 0 Å².